The molecule has 2 aromatic carbocycles. The van der Waals surface area contributed by atoms with Crippen molar-refractivity contribution in [1.82, 2.24) is 10.3 Å². The number of hydrogen-bond donors (Lipinski definition) is 2. The molecule has 0 spiro atoms. The number of hydrogen-bond acceptors (Lipinski definition) is 5. The SMILES string of the molecule is CC(NC(=O)c1coc(-c2ccc(Cl)c(C(F)(F)F)c2)n1)c1cc(F)c(NS(C)(=O)=O)c(F)c1. The van der Waals surface area contributed by atoms with Crippen LogP contribution in [0, 0.1) is 11.6 Å². The average Bonchev–Trinajstić information content (AvgIpc) is 3.19. The molecule has 0 fully saturated rings. The van der Waals surface area contributed by atoms with Crippen molar-refractivity contribution >= 4 is 33.2 Å². The van der Waals surface area contributed by atoms with E-state index in [0.29, 0.717) is 0 Å². The van der Waals surface area contributed by atoms with Gasteiger partial charge in [0.15, 0.2) is 17.3 Å². The fraction of sp³-hybridized carbons (Fsp3) is 0.200. The number of halogens is 6. The second-order valence-electron chi connectivity index (χ2n) is 7.16. The monoisotopic (exact) mass is 523 g/mol. The van der Waals surface area contributed by atoms with Crippen molar-refractivity contribution in [2.24, 2.45) is 0 Å². The van der Waals surface area contributed by atoms with Gasteiger partial charge in [-0.3, -0.25) is 9.52 Å². The minimum atomic E-state index is -4.72. The molecule has 2 N–H and O–H groups in total. The Morgan fingerprint density at radius 2 is 1.76 bits per heavy atom. The number of nitrogens with one attached hydrogen (secondary N) is 2. The van der Waals surface area contributed by atoms with Crippen molar-refractivity contribution in [3.8, 4) is 11.5 Å². The first-order valence-electron chi connectivity index (χ1n) is 9.26. The van der Waals surface area contributed by atoms with Crippen molar-refractivity contribution in [2.75, 3.05) is 11.0 Å². The molecule has 0 bridgehead atoms. The van der Waals surface area contributed by atoms with E-state index >= 15 is 0 Å². The average molecular weight is 524 g/mol. The summed E-state index contributed by atoms with van der Waals surface area (Å²) in [5.41, 5.74) is -2.39. The van der Waals surface area contributed by atoms with Crippen LogP contribution in [-0.2, 0) is 16.2 Å². The second kappa shape index (κ2) is 9.22. The van der Waals surface area contributed by atoms with E-state index in [4.69, 9.17) is 16.0 Å². The third-order valence-electron chi connectivity index (χ3n) is 4.46. The maximum Gasteiger partial charge on any atom is 0.417 e. The van der Waals surface area contributed by atoms with Crippen LogP contribution in [0.2, 0.25) is 5.02 Å². The van der Waals surface area contributed by atoms with Crippen molar-refractivity contribution in [1.29, 1.82) is 0 Å². The summed E-state index contributed by atoms with van der Waals surface area (Å²) >= 11 is 5.58. The number of aromatic nitrogens is 1. The number of anilines is 1. The van der Waals surface area contributed by atoms with E-state index < -0.39 is 56.1 Å². The minimum absolute atomic E-state index is 0.0290. The van der Waals surface area contributed by atoms with E-state index in [1.165, 1.54) is 13.0 Å². The first-order chi connectivity index (χ1) is 15.7. The number of carbonyl (C=O) groups excluding carboxylic acids is 1. The fourth-order valence-corrected chi connectivity index (χ4v) is 3.66. The molecule has 0 aliphatic rings. The molecule has 1 atom stereocenters. The minimum Gasteiger partial charge on any atom is -0.444 e. The Labute approximate surface area is 195 Å². The third kappa shape index (κ3) is 5.83. The molecule has 1 heterocycles. The number of alkyl halides is 3. The highest BCUT2D eigenvalue weighted by Gasteiger charge is 2.34. The summed E-state index contributed by atoms with van der Waals surface area (Å²) in [6, 6.07) is 3.67. The molecule has 1 aromatic heterocycles. The second-order valence-corrected chi connectivity index (χ2v) is 9.31. The lowest BCUT2D eigenvalue weighted by molar-refractivity contribution is -0.137. The van der Waals surface area contributed by atoms with E-state index in [0.717, 1.165) is 36.8 Å². The van der Waals surface area contributed by atoms with Gasteiger partial charge in [0, 0.05) is 5.56 Å². The zero-order valence-electron chi connectivity index (χ0n) is 17.3. The van der Waals surface area contributed by atoms with Crippen LogP contribution in [0.3, 0.4) is 0 Å². The fourth-order valence-electron chi connectivity index (χ4n) is 2.87. The van der Waals surface area contributed by atoms with Crippen molar-refractivity contribution in [2.45, 2.75) is 19.1 Å². The topological polar surface area (TPSA) is 101 Å². The summed E-state index contributed by atoms with van der Waals surface area (Å²) in [6.07, 6.45) is -3.09. The lowest BCUT2D eigenvalue weighted by Gasteiger charge is -2.15. The van der Waals surface area contributed by atoms with Gasteiger partial charge in [-0.05, 0) is 42.8 Å². The smallest absolute Gasteiger partial charge is 0.417 e. The van der Waals surface area contributed by atoms with Crippen molar-refractivity contribution in [3.05, 3.63) is 70.1 Å². The van der Waals surface area contributed by atoms with Crippen LogP contribution >= 0.6 is 11.6 Å². The third-order valence-corrected chi connectivity index (χ3v) is 5.36. The Balaban J connectivity index is 1.79. The maximum atomic E-state index is 14.2. The van der Waals surface area contributed by atoms with Crippen LogP contribution in [0.4, 0.5) is 27.6 Å². The summed E-state index contributed by atoms with van der Waals surface area (Å²) in [4.78, 5) is 16.3. The van der Waals surface area contributed by atoms with Crippen molar-refractivity contribution < 1.29 is 39.6 Å². The molecule has 0 saturated heterocycles. The summed E-state index contributed by atoms with van der Waals surface area (Å²) < 4.78 is 96.9. The predicted molar refractivity (Wildman–Crippen MR) is 113 cm³/mol. The summed E-state index contributed by atoms with van der Waals surface area (Å²) in [6.45, 7) is 1.39. The van der Waals surface area contributed by atoms with Crippen LogP contribution in [0.15, 0.2) is 41.0 Å². The molecular formula is C20H15ClF5N3O4S. The number of benzene rings is 2. The molecule has 34 heavy (non-hydrogen) atoms. The molecule has 3 rings (SSSR count). The molecule has 0 aliphatic heterocycles. The first-order valence-corrected chi connectivity index (χ1v) is 11.5. The van der Waals surface area contributed by atoms with Crippen LogP contribution < -0.4 is 10.0 Å². The molecule has 7 nitrogen and oxygen atoms in total. The van der Waals surface area contributed by atoms with Crippen LogP contribution in [0.1, 0.15) is 34.6 Å². The Bertz CT molecular complexity index is 1340. The summed E-state index contributed by atoms with van der Waals surface area (Å²) in [5.74, 6) is -3.53. The quantitative estimate of drug-likeness (QED) is 0.435. The number of amides is 1. The first kappa shape index (κ1) is 25.4. The number of sulfonamides is 1. The molecule has 0 saturated carbocycles. The number of oxazole rings is 1. The van der Waals surface area contributed by atoms with Gasteiger partial charge < -0.3 is 9.73 Å². The number of rotatable bonds is 6. The van der Waals surface area contributed by atoms with E-state index in [1.54, 1.807) is 4.72 Å². The lowest BCUT2D eigenvalue weighted by atomic mass is 10.1. The molecule has 0 radical (unpaired) electrons. The molecule has 14 heteroatoms. The Morgan fingerprint density at radius 1 is 1.15 bits per heavy atom. The van der Waals surface area contributed by atoms with Crippen LogP contribution in [-0.4, -0.2) is 25.6 Å². The Kier molecular flexibility index (Phi) is 6.90. The zero-order chi connectivity index (χ0) is 25.4. The Hall–Kier alpha value is -3.19. The van der Waals surface area contributed by atoms with E-state index in [1.807, 2.05) is 0 Å². The Morgan fingerprint density at radius 3 is 2.32 bits per heavy atom. The highest BCUT2D eigenvalue weighted by molar-refractivity contribution is 7.92. The molecule has 182 valence electrons. The zero-order valence-corrected chi connectivity index (χ0v) is 18.9. The van der Waals surface area contributed by atoms with Gasteiger partial charge in [0.2, 0.25) is 15.9 Å². The number of carbonyl (C=O) groups is 1. The molecular weight excluding hydrogens is 509 g/mol. The van der Waals surface area contributed by atoms with Gasteiger partial charge in [-0.25, -0.2) is 22.2 Å². The predicted octanol–water partition coefficient (Wildman–Crippen LogP) is 5.15. The van der Waals surface area contributed by atoms with Crippen LogP contribution in [0.25, 0.3) is 11.5 Å². The standard InChI is InChI=1S/C20H15ClF5N3O4S/c1-9(11-6-14(22)17(15(23)7-11)29-34(2,31)32)27-18(30)16-8-33-19(28-16)10-3-4-13(21)12(5-10)20(24,25)26/h3-9,29H,1-2H3,(H,27,30). The van der Waals surface area contributed by atoms with Gasteiger partial charge in [-0.15, -0.1) is 0 Å². The highest BCUT2D eigenvalue weighted by Crippen LogP contribution is 2.37. The van der Waals surface area contributed by atoms with Gasteiger partial charge in [-0.1, -0.05) is 11.6 Å². The van der Waals surface area contributed by atoms with E-state index in [-0.39, 0.29) is 22.7 Å². The highest BCUT2D eigenvalue weighted by atomic mass is 35.5. The van der Waals surface area contributed by atoms with Gasteiger partial charge in [0.1, 0.15) is 12.0 Å². The van der Waals surface area contributed by atoms with Gasteiger partial charge >= 0.3 is 6.18 Å². The van der Waals surface area contributed by atoms with Gasteiger partial charge in [-0.2, -0.15) is 13.2 Å². The maximum absolute atomic E-state index is 14.2. The summed E-state index contributed by atoms with van der Waals surface area (Å²) in [5, 5.41) is 1.89. The normalized spacial score (nSPS) is 12.9. The summed E-state index contributed by atoms with van der Waals surface area (Å²) in [7, 11) is -3.93. The van der Waals surface area contributed by atoms with E-state index in [9.17, 15) is 35.2 Å². The van der Waals surface area contributed by atoms with Gasteiger partial charge in [0.05, 0.1) is 22.9 Å². The van der Waals surface area contributed by atoms with Crippen LogP contribution in [0.5, 0.6) is 0 Å². The molecule has 1 amide bonds. The molecule has 3 aromatic rings. The number of nitrogens with zero attached hydrogens (tertiary/aromatic N) is 1. The largest absolute Gasteiger partial charge is 0.444 e. The van der Waals surface area contributed by atoms with E-state index in [2.05, 4.69) is 10.3 Å². The lowest BCUT2D eigenvalue weighted by Crippen LogP contribution is -2.27. The molecule has 1 unspecified atom stereocenters. The molecule has 0 aliphatic carbocycles. The van der Waals surface area contributed by atoms with Gasteiger partial charge in [0.25, 0.3) is 5.91 Å². The van der Waals surface area contributed by atoms with Crippen molar-refractivity contribution in [3.63, 3.8) is 0 Å².